The van der Waals surface area contributed by atoms with Crippen LogP contribution in [0.1, 0.15) is 35.8 Å². The summed E-state index contributed by atoms with van der Waals surface area (Å²) in [6.07, 6.45) is 2.13. The lowest BCUT2D eigenvalue weighted by Crippen LogP contribution is -2.38. The molecule has 3 rings (SSSR count). The molecule has 0 unspecified atom stereocenters. The quantitative estimate of drug-likeness (QED) is 0.808. The number of aromatic nitrogens is 1. The van der Waals surface area contributed by atoms with E-state index in [2.05, 4.69) is 11.9 Å². The maximum atomic E-state index is 12.7. The van der Waals surface area contributed by atoms with E-state index < -0.39 is 0 Å². The number of pyridine rings is 1. The normalized spacial score (nSPS) is 15.7. The summed E-state index contributed by atoms with van der Waals surface area (Å²) < 4.78 is 0. The van der Waals surface area contributed by atoms with Gasteiger partial charge in [-0.2, -0.15) is 0 Å². The summed E-state index contributed by atoms with van der Waals surface area (Å²) in [5.74, 6) is 0.715. The van der Waals surface area contributed by atoms with Gasteiger partial charge < -0.3 is 4.90 Å². The van der Waals surface area contributed by atoms with Gasteiger partial charge in [-0.05, 0) is 49.9 Å². The highest BCUT2D eigenvalue weighted by atomic mass is 35.5. The number of rotatable bonds is 2. The number of piperidine rings is 1. The van der Waals surface area contributed by atoms with Gasteiger partial charge in [0.1, 0.15) is 5.69 Å². The van der Waals surface area contributed by atoms with Gasteiger partial charge in [-0.3, -0.25) is 4.79 Å². The Bertz CT molecular complexity index is 721. The molecule has 2 aromatic rings. The van der Waals surface area contributed by atoms with E-state index in [9.17, 15) is 4.79 Å². The van der Waals surface area contributed by atoms with Crippen molar-refractivity contribution in [2.45, 2.75) is 26.7 Å². The fourth-order valence-electron chi connectivity index (χ4n) is 2.91. The number of benzene rings is 1. The number of carbonyl (C=O) groups is 1. The highest BCUT2D eigenvalue weighted by Gasteiger charge is 2.22. The molecule has 4 heteroatoms. The smallest absolute Gasteiger partial charge is 0.272 e. The second-order valence-electron chi connectivity index (χ2n) is 6.37. The number of halogens is 1. The number of hydrogen-bond donors (Lipinski definition) is 0. The Morgan fingerprint density at radius 2 is 1.96 bits per heavy atom. The van der Waals surface area contributed by atoms with Crippen molar-refractivity contribution < 1.29 is 4.79 Å². The number of hydrogen-bond acceptors (Lipinski definition) is 2. The van der Waals surface area contributed by atoms with E-state index >= 15 is 0 Å². The van der Waals surface area contributed by atoms with Gasteiger partial charge in [-0.1, -0.05) is 36.2 Å². The molecule has 1 aliphatic rings. The van der Waals surface area contributed by atoms with Crippen LogP contribution < -0.4 is 0 Å². The minimum absolute atomic E-state index is 0.0162. The SMILES string of the molecule is Cc1ccc(Cl)c(-c2cccc(C(=O)N3CCC(C)CC3)n2)c1. The van der Waals surface area contributed by atoms with Crippen LogP contribution >= 0.6 is 11.6 Å². The van der Waals surface area contributed by atoms with E-state index in [1.165, 1.54) is 0 Å². The number of carbonyl (C=O) groups excluding carboxylic acids is 1. The van der Waals surface area contributed by atoms with Crippen LogP contribution in [0.3, 0.4) is 0 Å². The van der Waals surface area contributed by atoms with Crippen molar-refractivity contribution in [3.63, 3.8) is 0 Å². The largest absolute Gasteiger partial charge is 0.337 e. The summed E-state index contributed by atoms with van der Waals surface area (Å²) in [7, 11) is 0. The number of nitrogens with zero attached hydrogens (tertiary/aromatic N) is 2. The lowest BCUT2D eigenvalue weighted by Gasteiger charge is -2.30. The van der Waals surface area contributed by atoms with Gasteiger partial charge in [0.05, 0.1) is 5.69 Å². The summed E-state index contributed by atoms with van der Waals surface area (Å²) in [6, 6.07) is 11.4. The molecule has 2 heterocycles. The molecule has 1 amide bonds. The fraction of sp³-hybridized carbons (Fsp3) is 0.368. The van der Waals surface area contributed by atoms with E-state index in [-0.39, 0.29) is 5.91 Å². The van der Waals surface area contributed by atoms with Crippen molar-refractivity contribution in [1.29, 1.82) is 0 Å². The predicted octanol–water partition coefficient (Wildman–Crippen LogP) is 4.58. The van der Waals surface area contributed by atoms with Crippen molar-refractivity contribution in [2.24, 2.45) is 5.92 Å². The molecule has 1 saturated heterocycles. The third kappa shape index (κ3) is 3.56. The first kappa shape index (κ1) is 16.0. The Labute approximate surface area is 142 Å². The average molecular weight is 329 g/mol. The average Bonchev–Trinajstić information content (AvgIpc) is 2.57. The zero-order valence-electron chi connectivity index (χ0n) is 13.6. The lowest BCUT2D eigenvalue weighted by molar-refractivity contribution is 0.0691. The molecule has 0 aliphatic carbocycles. The molecule has 0 radical (unpaired) electrons. The summed E-state index contributed by atoms with van der Waals surface area (Å²) in [5, 5.41) is 0.652. The van der Waals surface area contributed by atoms with E-state index in [1.807, 2.05) is 42.2 Å². The van der Waals surface area contributed by atoms with Crippen molar-refractivity contribution in [3.8, 4) is 11.3 Å². The molecule has 3 nitrogen and oxygen atoms in total. The molecule has 1 aliphatic heterocycles. The van der Waals surface area contributed by atoms with Crippen LogP contribution in [0.15, 0.2) is 36.4 Å². The molecular weight excluding hydrogens is 308 g/mol. The van der Waals surface area contributed by atoms with Gasteiger partial charge in [0.25, 0.3) is 5.91 Å². The minimum Gasteiger partial charge on any atom is -0.337 e. The Kier molecular flexibility index (Phi) is 4.67. The number of amides is 1. The molecule has 0 N–H and O–H groups in total. The molecule has 1 aromatic carbocycles. The van der Waals surface area contributed by atoms with E-state index in [0.717, 1.165) is 42.8 Å². The van der Waals surface area contributed by atoms with Gasteiger partial charge >= 0.3 is 0 Å². The van der Waals surface area contributed by atoms with Gasteiger partial charge in [-0.25, -0.2) is 4.98 Å². The number of likely N-dealkylation sites (tertiary alicyclic amines) is 1. The van der Waals surface area contributed by atoms with Crippen LogP contribution in [0.2, 0.25) is 5.02 Å². The van der Waals surface area contributed by atoms with Crippen molar-refractivity contribution in [2.75, 3.05) is 13.1 Å². The summed E-state index contributed by atoms with van der Waals surface area (Å²) in [4.78, 5) is 19.1. The number of aryl methyl sites for hydroxylation is 1. The second kappa shape index (κ2) is 6.71. The van der Waals surface area contributed by atoms with Crippen LogP contribution in [0.25, 0.3) is 11.3 Å². The van der Waals surface area contributed by atoms with E-state index in [1.54, 1.807) is 6.07 Å². The monoisotopic (exact) mass is 328 g/mol. The molecule has 1 aromatic heterocycles. The summed E-state index contributed by atoms with van der Waals surface area (Å²) in [6.45, 7) is 5.89. The maximum Gasteiger partial charge on any atom is 0.272 e. The van der Waals surface area contributed by atoms with Crippen LogP contribution in [0.4, 0.5) is 0 Å². The third-order valence-electron chi connectivity index (χ3n) is 4.44. The van der Waals surface area contributed by atoms with Crippen molar-refractivity contribution in [3.05, 3.63) is 52.7 Å². The van der Waals surface area contributed by atoms with Gasteiger partial charge in [0, 0.05) is 23.7 Å². The van der Waals surface area contributed by atoms with Gasteiger partial charge in [0.2, 0.25) is 0 Å². The zero-order valence-corrected chi connectivity index (χ0v) is 14.3. The summed E-state index contributed by atoms with van der Waals surface area (Å²) >= 11 is 6.29. The molecule has 0 bridgehead atoms. The summed E-state index contributed by atoms with van der Waals surface area (Å²) in [5.41, 5.74) is 3.23. The Hall–Kier alpha value is -1.87. The van der Waals surface area contributed by atoms with Crippen LogP contribution in [0.5, 0.6) is 0 Å². The van der Waals surface area contributed by atoms with Crippen LogP contribution in [-0.2, 0) is 0 Å². The Balaban J connectivity index is 1.88. The van der Waals surface area contributed by atoms with Gasteiger partial charge in [0.15, 0.2) is 0 Å². The molecule has 0 saturated carbocycles. The highest BCUT2D eigenvalue weighted by Crippen LogP contribution is 2.28. The Morgan fingerprint density at radius 3 is 2.70 bits per heavy atom. The highest BCUT2D eigenvalue weighted by molar-refractivity contribution is 6.33. The molecule has 1 fully saturated rings. The predicted molar refractivity (Wildman–Crippen MR) is 93.7 cm³/mol. The zero-order chi connectivity index (χ0) is 16.4. The molecule has 0 atom stereocenters. The standard InChI is InChI=1S/C19H21ClN2O/c1-13-8-10-22(11-9-13)19(23)18-5-3-4-17(21-18)15-12-14(2)6-7-16(15)20/h3-7,12-13H,8-11H2,1-2H3. The molecule has 23 heavy (non-hydrogen) atoms. The second-order valence-corrected chi connectivity index (χ2v) is 6.77. The third-order valence-corrected chi connectivity index (χ3v) is 4.77. The molecule has 0 spiro atoms. The van der Waals surface area contributed by atoms with Crippen molar-refractivity contribution >= 4 is 17.5 Å². The molecule has 120 valence electrons. The van der Waals surface area contributed by atoms with Crippen LogP contribution in [0, 0.1) is 12.8 Å². The van der Waals surface area contributed by atoms with Crippen molar-refractivity contribution in [1.82, 2.24) is 9.88 Å². The first-order valence-corrected chi connectivity index (χ1v) is 8.45. The Morgan fingerprint density at radius 1 is 1.22 bits per heavy atom. The molecular formula is C19H21ClN2O. The topological polar surface area (TPSA) is 33.2 Å². The van der Waals surface area contributed by atoms with Crippen LogP contribution in [-0.4, -0.2) is 28.9 Å². The first-order chi connectivity index (χ1) is 11.0. The fourth-order valence-corrected chi connectivity index (χ4v) is 3.13. The van der Waals surface area contributed by atoms with E-state index in [4.69, 9.17) is 11.6 Å². The lowest BCUT2D eigenvalue weighted by atomic mass is 9.99. The van der Waals surface area contributed by atoms with E-state index in [0.29, 0.717) is 16.6 Å². The minimum atomic E-state index is 0.0162. The first-order valence-electron chi connectivity index (χ1n) is 8.07. The maximum absolute atomic E-state index is 12.7. The van der Waals surface area contributed by atoms with Gasteiger partial charge in [-0.15, -0.1) is 0 Å².